The first-order chi connectivity index (χ1) is 10.1. The number of carbonyl (C=O) groups excluding carboxylic acids is 1. The molecule has 0 radical (unpaired) electrons. The summed E-state index contributed by atoms with van der Waals surface area (Å²) >= 11 is 2.19. The van der Waals surface area contributed by atoms with Crippen LogP contribution in [0.2, 0.25) is 0 Å². The zero-order valence-electron chi connectivity index (χ0n) is 11.2. The number of carboxylic acids is 1. The molecule has 2 N–H and O–H groups in total. The fraction of sp³-hybridized carbons (Fsp3) is 0.125. The van der Waals surface area contributed by atoms with Crippen molar-refractivity contribution in [1.29, 1.82) is 0 Å². The Morgan fingerprint density at radius 2 is 1.52 bits per heavy atom. The smallest absolute Gasteiger partial charge is 0.335 e. The third-order valence-corrected chi connectivity index (χ3v) is 3.73. The van der Waals surface area contributed by atoms with Gasteiger partial charge in [0.25, 0.3) is 5.91 Å². The molecular weight excluding hydrogens is 381 g/mol. The molecule has 0 aliphatic rings. The number of carboxylic acid groups (broad SMARTS) is 1. The van der Waals surface area contributed by atoms with Gasteiger partial charge < -0.3 is 10.4 Å². The zero-order chi connectivity index (χ0) is 15.2. The van der Waals surface area contributed by atoms with Gasteiger partial charge in [-0.2, -0.15) is 0 Å². The number of benzene rings is 2. The van der Waals surface area contributed by atoms with Crippen molar-refractivity contribution >= 4 is 34.5 Å². The first-order valence-corrected chi connectivity index (χ1v) is 7.50. The van der Waals surface area contributed by atoms with Crippen molar-refractivity contribution in [3.63, 3.8) is 0 Å². The van der Waals surface area contributed by atoms with E-state index in [1.807, 2.05) is 12.1 Å². The molecule has 0 fully saturated rings. The molecule has 0 unspecified atom stereocenters. The van der Waals surface area contributed by atoms with Crippen LogP contribution in [0.3, 0.4) is 0 Å². The van der Waals surface area contributed by atoms with E-state index in [0.29, 0.717) is 18.5 Å². The van der Waals surface area contributed by atoms with E-state index in [9.17, 15) is 9.59 Å². The standard InChI is InChI=1S/C16H14INO3/c17-14-7-5-12(6-8-14)15(19)18-10-9-11-1-3-13(4-2-11)16(20)21/h1-8H,9-10H2,(H,18,19)(H,20,21). The van der Waals surface area contributed by atoms with Crippen molar-refractivity contribution in [2.24, 2.45) is 0 Å². The molecule has 1 amide bonds. The van der Waals surface area contributed by atoms with Crippen molar-refractivity contribution in [1.82, 2.24) is 5.32 Å². The van der Waals surface area contributed by atoms with E-state index in [2.05, 4.69) is 27.9 Å². The van der Waals surface area contributed by atoms with Gasteiger partial charge in [-0.1, -0.05) is 12.1 Å². The number of hydrogen-bond donors (Lipinski definition) is 2. The second kappa shape index (κ2) is 7.21. The molecule has 2 rings (SSSR count). The lowest BCUT2D eigenvalue weighted by Gasteiger charge is -2.06. The molecule has 0 saturated carbocycles. The molecule has 0 heterocycles. The molecule has 0 spiro atoms. The maximum absolute atomic E-state index is 11.9. The second-order valence-corrected chi connectivity index (χ2v) is 5.76. The summed E-state index contributed by atoms with van der Waals surface area (Å²) in [6.45, 7) is 0.511. The molecule has 0 aliphatic carbocycles. The van der Waals surface area contributed by atoms with E-state index >= 15 is 0 Å². The number of aromatic carboxylic acids is 1. The minimum atomic E-state index is -0.937. The summed E-state index contributed by atoms with van der Waals surface area (Å²) in [6.07, 6.45) is 0.663. The lowest BCUT2D eigenvalue weighted by atomic mass is 10.1. The van der Waals surface area contributed by atoms with E-state index in [-0.39, 0.29) is 11.5 Å². The zero-order valence-corrected chi connectivity index (χ0v) is 13.3. The molecule has 108 valence electrons. The monoisotopic (exact) mass is 395 g/mol. The van der Waals surface area contributed by atoms with E-state index in [1.165, 1.54) is 0 Å². The van der Waals surface area contributed by atoms with Crippen molar-refractivity contribution in [3.05, 3.63) is 68.8 Å². The molecule has 5 heteroatoms. The van der Waals surface area contributed by atoms with Gasteiger partial charge in [0.05, 0.1) is 5.56 Å². The summed E-state index contributed by atoms with van der Waals surface area (Å²) < 4.78 is 1.09. The first-order valence-electron chi connectivity index (χ1n) is 6.42. The van der Waals surface area contributed by atoms with Crippen molar-refractivity contribution < 1.29 is 14.7 Å². The molecule has 0 bridgehead atoms. The highest BCUT2D eigenvalue weighted by Crippen LogP contribution is 2.07. The topological polar surface area (TPSA) is 66.4 Å². The Morgan fingerprint density at radius 1 is 0.952 bits per heavy atom. The van der Waals surface area contributed by atoms with E-state index in [1.54, 1.807) is 36.4 Å². The highest BCUT2D eigenvalue weighted by Gasteiger charge is 2.05. The van der Waals surface area contributed by atoms with E-state index in [4.69, 9.17) is 5.11 Å². The van der Waals surface area contributed by atoms with Crippen LogP contribution < -0.4 is 5.32 Å². The van der Waals surface area contributed by atoms with Crippen LogP contribution in [0.4, 0.5) is 0 Å². The van der Waals surface area contributed by atoms with Gasteiger partial charge >= 0.3 is 5.97 Å². The Hall–Kier alpha value is -1.89. The molecule has 0 saturated heterocycles. The van der Waals surface area contributed by atoms with Gasteiger partial charge in [0.1, 0.15) is 0 Å². The first kappa shape index (κ1) is 15.5. The molecule has 4 nitrogen and oxygen atoms in total. The largest absolute Gasteiger partial charge is 0.478 e. The van der Waals surface area contributed by atoms with Gasteiger partial charge in [-0.25, -0.2) is 4.79 Å². The van der Waals surface area contributed by atoms with Gasteiger partial charge in [-0.3, -0.25) is 4.79 Å². The average molecular weight is 395 g/mol. The Kier molecular flexibility index (Phi) is 5.32. The van der Waals surface area contributed by atoms with Gasteiger partial charge in [-0.05, 0) is 71.0 Å². The molecule has 2 aromatic carbocycles. The van der Waals surface area contributed by atoms with Gasteiger partial charge in [-0.15, -0.1) is 0 Å². The maximum atomic E-state index is 11.9. The molecule has 2 aromatic rings. The summed E-state index contributed by atoms with van der Waals surface area (Å²) in [5, 5.41) is 11.7. The summed E-state index contributed by atoms with van der Waals surface area (Å²) in [4.78, 5) is 22.6. The van der Waals surface area contributed by atoms with E-state index < -0.39 is 5.97 Å². The molecule has 0 atom stereocenters. The fourth-order valence-corrected chi connectivity index (χ4v) is 2.20. The highest BCUT2D eigenvalue weighted by atomic mass is 127. The third kappa shape index (κ3) is 4.56. The van der Waals surface area contributed by atoms with Crippen molar-refractivity contribution in [3.8, 4) is 0 Å². The van der Waals surface area contributed by atoms with Crippen LogP contribution in [0.25, 0.3) is 0 Å². The predicted molar refractivity (Wildman–Crippen MR) is 88.6 cm³/mol. The summed E-state index contributed by atoms with van der Waals surface area (Å²) in [7, 11) is 0. The number of hydrogen-bond acceptors (Lipinski definition) is 2. The summed E-state index contributed by atoms with van der Waals surface area (Å²) in [6, 6.07) is 14.0. The third-order valence-electron chi connectivity index (χ3n) is 3.01. The Labute approximate surface area is 136 Å². The number of halogens is 1. The highest BCUT2D eigenvalue weighted by molar-refractivity contribution is 14.1. The second-order valence-electron chi connectivity index (χ2n) is 4.51. The molecule has 21 heavy (non-hydrogen) atoms. The van der Waals surface area contributed by atoms with Crippen LogP contribution in [0.5, 0.6) is 0 Å². The van der Waals surface area contributed by atoms with Crippen molar-refractivity contribution in [2.75, 3.05) is 6.54 Å². The van der Waals surface area contributed by atoms with Crippen LogP contribution >= 0.6 is 22.6 Å². The lowest BCUT2D eigenvalue weighted by Crippen LogP contribution is -2.25. The average Bonchev–Trinajstić information content (AvgIpc) is 2.48. The summed E-state index contributed by atoms with van der Waals surface area (Å²) in [5.41, 5.74) is 1.89. The quantitative estimate of drug-likeness (QED) is 0.766. The predicted octanol–water partition coefficient (Wildman–Crippen LogP) is 2.96. The summed E-state index contributed by atoms with van der Waals surface area (Å²) in [5.74, 6) is -1.04. The minimum absolute atomic E-state index is 0.103. The van der Waals surface area contributed by atoms with Gasteiger partial charge in [0.15, 0.2) is 0 Å². The molecule has 0 aliphatic heterocycles. The molecular formula is C16H14INO3. The lowest BCUT2D eigenvalue weighted by molar-refractivity contribution is 0.0696. The van der Waals surface area contributed by atoms with Gasteiger partial charge in [0.2, 0.25) is 0 Å². The van der Waals surface area contributed by atoms with Crippen LogP contribution in [0.15, 0.2) is 48.5 Å². The van der Waals surface area contributed by atoms with Crippen LogP contribution in [0, 0.1) is 3.57 Å². The number of nitrogens with one attached hydrogen (secondary N) is 1. The Balaban J connectivity index is 1.85. The maximum Gasteiger partial charge on any atom is 0.335 e. The Morgan fingerprint density at radius 3 is 2.10 bits per heavy atom. The number of rotatable bonds is 5. The fourth-order valence-electron chi connectivity index (χ4n) is 1.84. The number of amides is 1. The van der Waals surface area contributed by atoms with Gasteiger partial charge in [0, 0.05) is 15.7 Å². The van der Waals surface area contributed by atoms with Crippen LogP contribution in [0.1, 0.15) is 26.3 Å². The van der Waals surface area contributed by atoms with E-state index in [0.717, 1.165) is 9.13 Å². The van der Waals surface area contributed by atoms with Crippen molar-refractivity contribution in [2.45, 2.75) is 6.42 Å². The normalized spacial score (nSPS) is 10.1. The number of carbonyl (C=O) groups is 2. The molecule has 0 aromatic heterocycles. The van der Waals surface area contributed by atoms with Crippen LogP contribution in [-0.2, 0) is 6.42 Å². The minimum Gasteiger partial charge on any atom is -0.478 e. The van der Waals surface area contributed by atoms with Crippen LogP contribution in [-0.4, -0.2) is 23.5 Å². The SMILES string of the molecule is O=C(O)c1ccc(CCNC(=O)c2ccc(I)cc2)cc1. The Bertz CT molecular complexity index is 636.